The fraction of sp³-hybridized carbons (Fsp3) is 0. The van der Waals surface area contributed by atoms with Crippen LogP contribution in [0.2, 0.25) is 0 Å². The predicted octanol–water partition coefficient (Wildman–Crippen LogP) is 0.166. The van der Waals surface area contributed by atoms with Crippen LogP contribution >= 0.6 is 0 Å². The molecule has 1 aromatic heterocycles. The first-order valence-corrected chi connectivity index (χ1v) is 2.48. The molecule has 1 rings (SSSR count). The van der Waals surface area contributed by atoms with Crippen molar-refractivity contribution in [1.29, 1.82) is 5.41 Å². The third-order valence-electron chi connectivity index (χ3n) is 0.861. The van der Waals surface area contributed by atoms with Crippen LogP contribution in [-0.2, 0) is 0 Å². The number of nitrogens with two attached hydrogens (primary N) is 1. The van der Waals surface area contributed by atoms with Crippen LogP contribution in [0.3, 0.4) is 0 Å². The van der Waals surface area contributed by atoms with Crippen molar-refractivity contribution in [3.8, 4) is 0 Å². The van der Waals surface area contributed by atoms with E-state index in [-0.39, 0.29) is 5.84 Å². The Bertz CT molecular complexity index is 205. The van der Waals surface area contributed by atoms with Gasteiger partial charge in [-0.2, -0.15) is 0 Å². The summed E-state index contributed by atoms with van der Waals surface area (Å²) in [5.74, 6) is -0.0457. The van der Waals surface area contributed by atoms with Crippen LogP contribution in [0.25, 0.3) is 0 Å². The quantitative estimate of drug-likeness (QED) is 0.409. The highest BCUT2D eigenvalue weighted by Crippen LogP contribution is 1.87. The second-order valence-corrected chi connectivity index (χ2v) is 1.54. The van der Waals surface area contributed by atoms with Crippen LogP contribution in [0.5, 0.6) is 0 Å². The van der Waals surface area contributed by atoms with Gasteiger partial charge in [-0.1, -0.05) is 6.07 Å². The molecule has 0 fully saturated rings. The molecule has 9 heavy (non-hydrogen) atoms. The lowest BCUT2D eigenvalue weighted by molar-refractivity contribution is 1.25. The first-order chi connectivity index (χ1) is 4.30. The Morgan fingerprint density at radius 3 is 2.89 bits per heavy atom. The molecule has 0 aromatic carbocycles. The van der Waals surface area contributed by atoms with Gasteiger partial charge in [0.1, 0.15) is 11.5 Å². The fourth-order valence-corrected chi connectivity index (χ4v) is 0.472. The maximum atomic E-state index is 6.92. The van der Waals surface area contributed by atoms with Crippen LogP contribution in [0.4, 0.5) is 0 Å². The standard InChI is InChI=1S/C6H6N3/c7-6(8)5-3-1-2-4-9-5/h1-2,4H,(H3,7,8). The summed E-state index contributed by atoms with van der Waals surface area (Å²) < 4.78 is 0. The molecule has 1 heterocycles. The van der Waals surface area contributed by atoms with Gasteiger partial charge in [-0.25, -0.2) is 0 Å². The van der Waals surface area contributed by atoms with Crippen LogP contribution in [0, 0.1) is 11.5 Å². The molecule has 0 spiro atoms. The van der Waals surface area contributed by atoms with Gasteiger partial charge in [-0.15, -0.1) is 0 Å². The molecule has 1 radical (unpaired) electrons. The SMILES string of the molecule is N=C(N)c1[c]cccn1. The summed E-state index contributed by atoms with van der Waals surface area (Å²) >= 11 is 0. The van der Waals surface area contributed by atoms with E-state index >= 15 is 0 Å². The minimum absolute atomic E-state index is 0.0457. The van der Waals surface area contributed by atoms with Gasteiger partial charge < -0.3 is 5.73 Å². The van der Waals surface area contributed by atoms with E-state index in [0.717, 1.165) is 0 Å². The number of hydrogen-bond acceptors (Lipinski definition) is 2. The molecule has 3 nitrogen and oxygen atoms in total. The number of nitrogens with one attached hydrogen (secondary N) is 1. The Morgan fingerprint density at radius 2 is 2.56 bits per heavy atom. The summed E-state index contributed by atoms with van der Waals surface area (Å²) in [6.07, 6.45) is 1.58. The van der Waals surface area contributed by atoms with E-state index in [2.05, 4.69) is 11.1 Å². The molecule has 0 atom stereocenters. The van der Waals surface area contributed by atoms with Crippen molar-refractivity contribution in [3.63, 3.8) is 0 Å². The first kappa shape index (κ1) is 5.75. The summed E-state index contributed by atoms with van der Waals surface area (Å²) in [6, 6.07) is 6.11. The van der Waals surface area contributed by atoms with Gasteiger partial charge in [0, 0.05) is 12.3 Å². The summed E-state index contributed by atoms with van der Waals surface area (Å²) in [6.45, 7) is 0. The number of hydrogen-bond donors (Lipinski definition) is 2. The molecule has 0 aliphatic carbocycles. The van der Waals surface area contributed by atoms with Crippen LogP contribution in [0.1, 0.15) is 5.69 Å². The van der Waals surface area contributed by atoms with Gasteiger partial charge in [0.05, 0.1) is 0 Å². The van der Waals surface area contributed by atoms with E-state index in [1.54, 1.807) is 18.3 Å². The number of amidine groups is 1. The summed E-state index contributed by atoms with van der Waals surface area (Å²) in [4.78, 5) is 3.77. The van der Waals surface area contributed by atoms with Crippen LogP contribution < -0.4 is 5.73 Å². The van der Waals surface area contributed by atoms with Crippen LogP contribution in [-0.4, -0.2) is 10.8 Å². The van der Waals surface area contributed by atoms with Gasteiger partial charge >= 0.3 is 0 Å². The lowest BCUT2D eigenvalue weighted by atomic mass is 10.3. The van der Waals surface area contributed by atoms with Crippen molar-refractivity contribution < 1.29 is 0 Å². The second kappa shape index (κ2) is 2.26. The van der Waals surface area contributed by atoms with E-state index < -0.39 is 0 Å². The topological polar surface area (TPSA) is 62.8 Å². The summed E-state index contributed by atoms with van der Waals surface area (Å²) in [7, 11) is 0. The molecule has 0 bridgehead atoms. The monoisotopic (exact) mass is 120 g/mol. The number of pyridine rings is 1. The van der Waals surface area contributed by atoms with E-state index in [1.165, 1.54) is 0 Å². The zero-order chi connectivity index (χ0) is 6.69. The lowest BCUT2D eigenvalue weighted by Gasteiger charge is -1.91. The molecule has 0 aliphatic rings. The van der Waals surface area contributed by atoms with Gasteiger partial charge in [0.15, 0.2) is 0 Å². The molecule has 0 amide bonds. The molecule has 0 aliphatic heterocycles. The van der Waals surface area contributed by atoms with Crippen molar-refractivity contribution in [2.75, 3.05) is 0 Å². The second-order valence-electron chi connectivity index (χ2n) is 1.54. The minimum atomic E-state index is -0.0457. The first-order valence-electron chi connectivity index (χ1n) is 2.48. The Morgan fingerprint density at radius 1 is 1.78 bits per heavy atom. The van der Waals surface area contributed by atoms with Gasteiger partial charge in [-0.05, 0) is 6.07 Å². The molecule has 1 aromatic rings. The Labute approximate surface area is 53.0 Å². The molecule has 0 unspecified atom stereocenters. The number of nitrogen functional groups attached to an aromatic ring is 1. The molecule has 3 heteroatoms. The van der Waals surface area contributed by atoms with Crippen molar-refractivity contribution in [1.82, 2.24) is 4.98 Å². The Hall–Kier alpha value is -1.38. The third-order valence-corrected chi connectivity index (χ3v) is 0.861. The molecular formula is C6H6N3. The maximum absolute atomic E-state index is 6.92. The Balaban J connectivity index is 2.98. The van der Waals surface area contributed by atoms with Gasteiger partial charge in [-0.3, -0.25) is 10.4 Å². The van der Waals surface area contributed by atoms with E-state index in [4.69, 9.17) is 11.1 Å². The highest BCUT2D eigenvalue weighted by molar-refractivity contribution is 5.92. The predicted molar refractivity (Wildman–Crippen MR) is 34.1 cm³/mol. The van der Waals surface area contributed by atoms with Crippen molar-refractivity contribution >= 4 is 5.84 Å². The average molecular weight is 120 g/mol. The smallest absolute Gasteiger partial charge is 0.142 e. The van der Waals surface area contributed by atoms with Gasteiger partial charge in [0.2, 0.25) is 0 Å². The number of rotatable bonds is 1. The molecule has 3 N–H and O–H groups in total. The zero-order valence-corrected chi connectivity index (χ0v) is 4.76. The fourth-order valence-electron chi connectivity index (χ4n) is 0.472. The van der Waals surface area contributed by atoms with E-state index in [0.29, 0.717) is 5.69 Å². The normalized spacial score (nSPS) is 8.89. The zero-order valence-electron chi connectivity index (χ0n) is 4.76. The van der Waals surface area contributed by atoms with Crippen LogP contribution in [0.15, 0.2) is 18.3 Å². The largest absolute Gasteiger partial charge is 0.382 e. The third kappa shape index (κ3) is 1.25. The van der Waals surface area contributed by atoms with Gasteiger partial charge in [0.25, 0.3) is 0 Å². The van der Waals surface area contributed by atoms with Crippen molar-refractivity contribution in [2.45, 2.75) is 0 Å². The average Bonchev–Trinajstić information content (AvgIpc) is 1.90. The van der Waals surface area contributed by atoms with Crippen molar-refractivity contribution in [2.24, 2.45) is 5.73 Å². The van der Waals surface area contributed by atoms with E-state index in [1.807, 2.05) is 0 Å². The van der Waals surface area contributed by atoms with Crippen molar-refractivity contribution in [3.05, 3.63) is 30.1 Å². The van der Waals surface area contributed by atoms with E-state index in [9.17, 15) is 0 Å². The molecule has 0 saturated heterocycles. The molecule has 0 saturated carbocycles. The molecular weight excluding hydrogens is 114 g/mol. The highest BCUT2D eigenvalue weighted by atomic mass is 14.8. The summed E-state index contributed by atoms with van der Waals surface area (Å²) in [5, 5.41) is 6.92. The minimum Gasteiger partial charge on any atom is -0.382 e. The highest BCUT2D eigenvalue weighted by Gasteiger charge is 1.92. The maximum Gasteiger partial charge on any atom is 0.142 e. The number of aromatic nitrogens is 1. The molecule has 45 valence electrons. The number of nitrogens with zero attached hydrogens (tertiary/aromatic N) is 1. The lowest BCUT2D eigenvalue weighted by Crippen LogP contribution is -2.12. The summed E-state index contributed by atoms with van der Waals surface area (Å²) in [5.41, 5.74) is 5.50. The Kier molecular flexibility index (Phi) is 1.44.